The summed E-state index contributed by atoms with van der Waals surface area (Å²) in [5.74, 6) is -0.177. The second-order valence-electron chi connectivity index (χ2n) is 4.63. The number of carbonyl (C=O) groups is 1. The minimum Gasteiger partial charge on any atom is -0.480 e. The van der Waals surface area contributed by atoms with Crippen molar-refractivity contribution in [2.75, 3.05) is 26.1 Å². The molecule has 7 heteroatoms. The molecule has 0 aliphatic rings. The van der Waals surface area contributed by atoms with E-state index in [2.05, 4.69) is 20.5 Å². The lowest BCUT2D eigenvalue weighted by atomic mass is 10.2. The zero-order valence-electron chi connectivity index (χ0n) is 12.6. The monoisotopic (exact) mass is 299 g/mol. The summed E-state index contributed by atoms with van der Waals surface area (Å²) >= 11 is 0. The van der Waals surface area contributed by atoms with Gasteiger partial charge in [0.1, 0.15) is 0 Å². The van der Waals surface area contributed by atoms with E-state index in [1.54, 1.807) is 6.21 Å². The minimum absolute atomic E-state index is 0.138. The molecule has 0 bridgehead atoms. The van der Waals surface area contributed by atoms with E-state index in [1.807, 2.05) is 43.3 Å². The van der Waals surface area contributed by atoms with Crippen LogP contribution in [-0.4, -0.2) is 43.3 Å². The predicted molar refractivity (Wildman–Crippen MR) is 84.4 cm³/mol. The fourth-order valence-corrected chi connectivity index (χ4v) is 1.64. The molecule has 7 nitrogen and oxygen atoms in total. The highest BCUT2D eigenvalue weighted by Gasteiger charge is 2.07. The average Bonchev–Trinajstić information content (AvgIpc) is 2.55. The van der Waals surface area contributed by atoms with E-state index in [0.29, 0.717) is 0 Å². The molecule has 0 aliphatic carbocycles. The van der Waals surface area contributed by atoms with Crippen LogP contribution in [0.4, 0.5) is 5.69 Å². The Morgan fingerprint density at radius 1 is 1.27 bits per heavy atom. The number of rotatable bonds is 5. The number of benzene rings is 1. The molecule has 0 unspecified atom stereocenters. The first-order chi connectivity index (χ1) is 10.6. The van der Waals surface area contributed by atoms with Gasteiger partial charge >= 0.3 is 0 Å². The van der Waals surface area contributed by atoms with Crippen molar-refractivity contribution in [1.29, 1.82) is 0 Å². The number of hydrogen-bond donors (Lipinski definition) is 1. The largest absolute Gasteiger partial charge is 0.480 e. The van der Waals surface area contributed by atoms with Gasteiger partial charge in [0.2, 0.25) is 5.88 Å². The number of ether oxygens (including phenoxy) is 1. The zero-order chi connectivity index (χ0) is 15.9. The van der Waals surface area contributed by atoms with Crippen LogP contribution in [0.1, 0.15) is 16.1 Å². The van der Waals surface area contributed by atoms with E-state index in [0.717, 1.165) is 11.3 Å². The standard InChI is InChI=1S/C15H17N5O2/c1-20(2)12-6-4-11(5-7-12)8-17-19-15(21)13-9-16-10-14(18-13)22-3/h4-10H,1-3H3,(H,19,21). The third kappa shape index (κ3) is 4.02. The maximum Gasteiger partial charge on any atom is 0.291 e. The number of carbonyl (C=O) groups excluding carboxylic acids is 1. The molecule has 1 heterocycles. The van der Waals surface area contributed by atoms with Crippen LogP contribution < -0.4 is 15.1 Å². The van der Waals surface area contributed by atoms with Crippen molar-refractivity contribution in [2.45, 2.75) is 0 Å². The lowest BCUT2D eigenvalue weighted by Crippen LogP contribution is -2.19. The van der Waals surface area contributed by atoms with Gasteiger partial charge in [0, 0.05) is 19.8 Å². The lowest BCUT2D eigenvalue weighted by Gasteiger charge is -2.11. The minimum atomic E-state index is -0.451. The van der Waals surface area contributed by atoms with Crippen molar-refractivity contribution in [1.82, 2.24) is 15.4 Å². The summed E-state index contributed by atoms with van der Waals surface area (Å²) in [6.45, 7) is 0. The Balaban J connectivity index is 1.97. The maximum absolute atomic E-state index is 11.9. The summed E-state index contributed by atoms with van der Waals surface area (Å²) in [7, 11) is 5.40. The van der Waals surface area contributed by atoms with Gasteiger partial charge in [-0.1, -0.05) is 12.1 Å². The van der Waals surface area contributed by atoms with Gasteiger partial charge in [0.05, 0.1) is 25.7 Å². The number of nitrogens with zero attached hydrogens (tertiary/aromatic N) is 4. The van der Waals surface area contributed by atoms with Gasteiger partial charge in [-0.2, -0.15) is 5.10 Å². The van der Waals surface area contributed by atoms with Gasteiger partial charge in [0.25, 0.3) is 5.91 Å². The van der Waals surface area contributed by atoms with Crippen LogP contribution in [0.2, 0.25) is 0 Å². The van der Waals surface area contributed by atoms with E-state index < -0.39 is 5.91 Å². The predicted octanol–water partition coefficient (Wildman–Crippen LogP) is 1.32. The van der Waals surface area contributed by atoms with Crippen LogP contribution in [0.3, 0.4) is 0 Å². The summed E-state index contributed by atoms with van der Waals surface area (Å²) in [5, 5.41) is 3.90. The molecule has 114 valence electrons. The van der Waals surface area contributed by atoms with Crippen LogP contribution >= 0.6 is 0 Å². The summed E-state index contributed by atoms with van der Waals surface area (Å²) in [6, 6.07) is 7.76. The van der Waals surface area contributed by atoms with Crippen molar-refractivity contribution in [2.24, 2.45) is 5.10 Å². The van der Waals surface area contributed by atoms with E-state index in [4.69, 9.17) is 4.74 Å². The highest BCUT2D eigenvalue weighted by molar-refractivity contribution is 5.92. The Bertz CT molecular complexity index is 668. The molecule has 0 fully saturated rings. The normalized spacial score (nSPS) is 10.5. The van der Waals surface area contributed by atoms with Crippen LogP contribution in [0.5, 0.6) is 5.88 Å². The van der Waals surface area contributed by atoms with Gasteiger partial charge in [0.15, 0.2) is 5.69 Å². The molecule has 0 atom stereocenters. The molecule has 22 heavy (non-hydrogen) atoms. The van der Waals surface area contributed by atoms with Crippen LogP contribution in [0.25, 0.3) is 0 Å². The highest BCUT2D eigenvalue weighted by atomic mass is 16.5. The molecule has 1 N–H and O–H groups in total. The van der Waals surface area contributed by atoms with E-state index in [-0.39, 0.29) is 11.6 Å². The molecule has 1 aromatic heterocycles. The fourth-order valence-electron chi connectivity index (χ4n) is 1.64. The van der Waals surface area contributed by atoms with Crippen molar-refractivity contribution in [3.63, 3.8) is 0 Å². The molecule has 0 spiro atoms. The fraction of sp³-hybridized carbons (Fsp3) is 0.200. The summed E-state index contributed by atoms with van der Waals surface area (Å²) in [5.41, 5.74) is 4.50. The lowest BCUT2D eigenvalue weighted by molar-refractivity contribution is 0.0949. The van der Waals surface area contributed by atoms with E-state index in [1.165, 1.54) is 19.5 Å². The maximum atomic E-state index is 11.9. The smallest absolute Gasteiger partial charge is 0.291 e. The van der Waals surface area contributed by atoms with Gasteiger partial charge < -0.3 is 9.64 Å². The summed E-state index contributed by atoms with van der Waals surface area (Å²) in [4.78, 5) is 21.7. The van der Waals surface area contributed by atoms with Crippen molar-refractivity contribution in [3.05, 3.63) is 47.9 Å². The second-order valence-corrected chi connectivity index (χ2v) is 4.63. The Labute approximate surface area is 128 Å². The first kappa shape index (κ1) is 15.4. The third-order valence-corrected chi connectivity index (χ3v) is 2.84. The average molecular weight is 299 g/mol. The molecular weight excluding hydrogens is 282 g/mol. The molecule has 0 saturated carbocycles. The molecular formula is C15H17N5O2. The number of hydrogen-bond acceptors (Lipinski definition) is 6. The molecule has 2 aromatic rings. The zero-order valence-corrected chi connectivity index (χ0v) is 12.6. The number of amides is 1. The highest BCUT2D eigenvalue weighted by Crippen LogP contribution is 2.10. The number of aromatic nitrogens is 2. The number of nitrogens with one attached hydrogen (secondary N) is 1. The summed E-state index contributed by atoms with van der Waals surface area (Å²) < 4.78 is 4.91. The van der Waals surface area contributed by atoms with Gasteiger partial charge in [-0.15, -0.1) is 0 Å². The SMILES string of the molecule is COc1cncc(C(=O)NN=Cc2ccc(N(C)C)cc2)n1. The molecule has 1 aromatic carbocycles. The van der Waals surface area contributed by atoms with Crippen molar-refractivity contribution in [3.8, 4) is 5.88 Å². The first-order valence-corrected chi connectivity index (χ1v) is 6.57. The van der Waals surface area contributed by atoms with Crippen molar-refractivity contribution < 1.29 is 9.53 Å². The van der Waals surface area contributed by atoms with E-state index >= 15 is 0 Å². The topological polar surface area (TPSA) is 79.7 Å². The first-order valence-electron chi connectivity index (χ1n) is 6.57. The van der Waals surface area contributed by atoms with Crippen LogP contribution in [-0.2, 0) is 0 Å². The Hall–Kier alpha value is -2.96. The number of anilines is 1. The summed E-state index contributed by atoms with van der Waals surface area (Å²) in [6.07, 6.45) is 4.33. The Kier molecular flexibility index (Phi) is 5.02. The van der Waals surface area contributed by atoms with Gasteiger partial charge in [-0.3, -0.25) is 9.78 Å². The Morgan fingerprint density at radius 3 is 2.64 bits per heavy atom. The molecule has 1 amide bonds. The van der Waals surface area contributed by atoms with Crippen molar-refractivity contribution >= 4 is 17.8 Å². The van der Waals surface area contributed by atoms with E-state index in [9.17, 15) is 4.79 Å². The molecule has 0 radical (unpaired) electrons. The Morgan fingerprint density at radius 2 is 2.00 bits per heavy atom. The van der Waals surface area contributed by atoms with Gasteiger partial charge in [-0.25, -0.2) is 10.4 Å². The molecule has 0 saturated heterocycles. The molecule has 0 aliphatic heterocycles. The third-order valence-electron chi connectivity index (χ3n) is 2.84. The second kappa shape index (κ2) is 7.16. The van der Waals surface area contributed by atoms with Crippen LogP contribution in [0, 0.1) is 0 Å². The van der Waals surface area contributed by atoms with Crippen LogP contribution in [0.15, 0.2) is 41.8 Å². The van der Waals surface area contributed by atoms with Gasteiger partial charge in [-0.05, 0) is 17.7 Å². The number of hydrazone groups is 1. The molecule has 2 rings (SSSR count). The number of methoxy groups -OCH3 is 1. The quantitative estimate of drug-likeness (QED) is 0.665.